The summed E-state index contributed by atoms with van der Waals surface area (Å²) in [6.45, 7) is 7.55. The van der Waals surface area contributed by atoms with Crippen molar-refractivity contribution in [2.24, 2.45) is 0 Å². The maximum absolute atomic E-state index is 4.00. The van der Waals surface area contributed by atoms with Crippen molar-refractivity contribution in [2.45, 2.75) is 57.7 Å². The van der Waals surface area contributed by atoms with Crippen LogP contribution in [-0.4, -0.2) is 8.07 Å². The van der Waals surface area contributed by atoms with E-state index in [1.165, 1.54) is 46.8 Å². The maximum Gasteiger partial charge on any atom is 0.0877 e. The van der Waals surface area contributed by atoms with Crippen molar-refractivity contribution in [1.82, 2.24) is 0 Å². The quantitative estimate of drug-likeness (QED) is 0.436. The van der Waals surface area contributed by atoms with E-state index in [0.29, 0.717) is 5.54 Å². The van der Waals surface area contributed by atoms with Crippen LogP contribution in [0.4, 0.5) is 0 Å². The standard InChI is InChI=1S/C25H27BrSi/c1-16-12-22-23(15-19-10-6-7-11-21(19)24(22)26)25(16)27(2,3)20-13-17-8-4-5-9-18(17)14-20/h4-5,8-9,12-13,15,25H,6-7,10-11,14H2,1-3H3. The minimum absolute atomic E-state index is 0.608. The number of rotatable bonds is 2. The van der Waals surface area contributed by atoms with E-state index < -0.39 is 8.07 Å². The van der Waals surface area contributed by atoms with E-state index in [2.05, 4.69) is 78.4 Å². The van der Waals surface area contributed by atoms with Gasteiger partial charge in [0.2, 0.25) is 0 Å². The molecule has 27 heavy (non-hydrogen) atoms. The normalized spacial score (nSPS) is 20.7. The third-order valence-electron chi connectivity index (χ3n) is 7.11. The first-order valence-corrected chi connectivity index (χ1v) is 14.1. The van der Waals surface area contributed by atoms with Gasteiger partial charge in [0.25, 0.3) is 0 Å². The first-order valence-electron chi connectivity index (χ1n) is 10.3. The lowest BCUT2D eigenvalue weighted by Gasteiger charge is -2.34. The molecule has 0 aromatic heterocycles. The molecule has 0 nitrogen and oxygen atoms in total. The van der Waals surface area contributed by atoms with Crippen molar-refractivity contribution in [2.75, 3.05) is 0 Å². The van der Waals surface area contributed by atoms with Crippen LogP contribution in [0.2, 0.25) is 13.1 Å². The van der Waals surface area contributed by atoms with Crippen molar-refractivity contribution < 1.29 is 0 Å². The first kappa shape index (κ1) is 17.7. The largest absolute Gasteiger partial charge is 0.0877 e. The highest BCUT2D eigenvalue weighted by Crippen LogP contribution is 2.50. The van der Waals surface area contributed by atoms with Gasteiger partial charge in [-0.05, 0) is 88.3 Å². The molecule has 0 bridgehead atoms. The second-order valence-electron chi connectivity index (χ2n) is 9.13. The second-order valence-corrected chi connectivity index (χ2v) is 14.6. The number of benzene rings is 2. The molecule has 138 valence electrons. The number of allylic oxidation sites excluding steroid dienone is 2. The smallest absolute Gasteiger partial charge is 0.0750 e. The summed E-state index contributed by atoms with van der Waals surface area (Å²) in [5.74, 6) is 0. The van der Waals surface area contributed by atoms with Crippen molar-refractivity contribution in [3.05, 3.63) is 79.0 Å². The summed E-state index contributed by atoms with van der Waals surface area (Å²) < 4.78 is 1.39. The van der Waals surface area contributed by atoms with E-state index in [9.17, 15) is 0 Å². The van der Waals surface area contributed by atoms with E-state index >= 15 is 0 Å². The van der Waals surface area contributed by atoms with E-state index in [0.717, 1.165) is 6.42 Å². The highest BCUT2D eigenvalue weighted by molar-refractivity contribution is 9.10. The summed E-state index contributed by atoms with van der Waals surface area (Å²) in [6, 6.07) is 11.5. The van der Waals surface area contributed by atoms with E-state index in [1.807, 2.05) is 0 Å². The predicted octanol–water partition coefficient (Wildman–Crippen LogP) is 7.25. The van der Waals surface area contributed by atoms with Crippen molar-refractivity contribution in [3.63, 3.8) is 0 Å². The van der Waals surface area contributed by atoms with Gasteiger partial charge in [0.1, 0.15) is 0 Å². The fourth-order valence-corrected chi connectivity index (χ4v) is 10.3. The van der Waals surface area contributed by atoms with Gasteiger partial charge in [-0.1, -0.05) is 66.3 Å². The summed E-state index contributed by atoms with van der Waals surface area (Å²) in [4.78, 5) is 0. The molecule has 0 aliphatic heterocycles. The zero-order valence-electron chi connectivity index (χ0n) is 16.5. The molecule has 2 heteroatoms. The topological polar surface area (TPSA) is 0 Å². The average Bonchev–Trinajstić information content (AvgIpc) is 3.23. The molecule has 2 aromatic rings. The van der Waals surface area contributed by atoms with Gasteiger partial charge >= 0.3 is 0 Å². The van der Waals surface area contributed by atoms with Crippen LogP contribution in [0.5, 0.6) is 0 Å². The van der Waals surface area contributed by atoms with Crippen molar-refractivity contribution >= 4 is 36.2 Å². The van der Waals surface area contributed by atoms with Gasteiger partial charge in [-0.3, -0.25) is 0 Å². The fourth-order valence-electron chi connectivity index (χ4n) is 5.67. The minimum atomic E-state index is -1.65. The summed E-state index contributed by atoms with van der Waals surface area (Å²) in [7, 11) is -1.65. The van der Waals surface area contributed by atoms with Crippen molar-refractivity contribution in [1.29, 1.82) is 0 Å². The number of halogens is 1. The molecule has 3 aliphatic rings. The van der Waals surface area contributed by atoms with Crippen LogP contribution in [0.15, 0.2) is 45.6 Å². The molecule has 0 saturated heterocycles. The van der Waals surface area contributed by atoms with E-state index in [4.69, 9.17) is 0 Å². The highest BCUT2D eigenvalue weighted by Gasteiger charge is 2.42. The summed E-state index contributed by atoms with van der Waals surface area (Å²) in [6.07, 6.45) is 11.3. The Hall–Kier alpha value is -1.38. The van der Waals surface area contributed by atoms with Gasteiger partial charge in [0.15, 0.2) is 0 Å². The van der Waals surface area contributed by atoms with Crippen LogP contribution in [-0.2, 0) is 19.3 Å². The molecule has 0 N–H and O–H groups in total. The Labute approximate surface area is 172 Å². The molecular formula is C25H27BrSi. The van der Waals surface area contributed by atoms with Crippen LogP contribution >= 0.6 is 15.9 Å². The molecule has 0 fully saturated rings. The van der Waals surface area contributed by atoms with Crippen LogP contribution in [0.3, 0.4) is 0 Å². The molecule has 1 unspecified atom stereocenters. The number of fused-ring (bicyclic) bond motifs is 3. The van der Waals surface area contributed by atoms with Crippen molar-refractivity contribution in [3.8, 4) is 0 Å². The Morgan fingerprint density at radius 3 is 2.59 bits per heavy atom. The summed E-state index contributed by atoms with van der Waals surface area (Å²) in [5, 5.41) is 1.71. The minimum Gasteiger partial charge on any atom is -0.0750 e. The lowest BCUT2D eigenvalue weighted by Crippen LogP contribution is -2.38. The Balaban J connectivity index is 1.60. The first-order chi connectivity index (χ1) is 13.0. The van der Waals surface area contributed by atoms with E-state index in [-0.39, 0.29) is 0 Å². The molecular weight excluding hydrogens is 408 g/mol. The van der Waals surface area contributed by atoms with Crippen LogP contribution in [0.25, 0.3) is 12.2 Å². The van der Waals surface area contributed by atoms with Gasteiger partial charge in [0.05, 0.1) is 8.07 Å². The fraction of sp³-hybridized carbons (Fsp3) is 0.360. The lowest BCUT2D eigenvalue weighted by molar-refractivity contribution is 0.681. The molecule has 0 radical (unpaired) electrons. The van der Waals surface area contributed by atoms with Gasteiger partial charge in [-0.25, -0.2) is 0 Å². The lowest BCUT2D eigenvalue weighted by atomic mass is 9.88. The van der Waals surface area contributed by atoms with Gasteiger partial charge in [-0.2, -0.15) is 0 Å². The summed E-state index contributed by atoms with van der Waals surface area (Å²) in [5.41, 5.74) is 11.4. The van der Waals surface area contributed by atoms with Gasteiger partial charge < -0.3 is 0 Å². The van der Waals surface area contributed by atoms with Crippen LogP contribution in [0, 0.1) is 0 Å². The van der Waals surface area contributed by atoms with Gasteiger partial charge in [-0.15, -0.1) is 0 Å². The Morgan fingerprint density at radius 1 is 1.00 bits per heavy atom. The highest BCUT2D eigenvalue weighted by atomic mass is 79.9. The maximum atomic E-state index is 4.00. The Kier molecular flexibility index (Phi) is 4.14. The molecule has 0 spiro atoms. The number of hydrogen-bond acceptors (Lipinski definition) is 0. The third-order valence-corrected chi connectivity index (χ3v) is 12.2. The molecule has 0 saturated carbocycles. The molecule has 1 atom stereocenters. The van der Waals surface area contributed by atoms with Gasteiger partial charge in [0, 0.05) is 10.0 Å². The molecule has 2 aromatic carbocycles. The number of aryl methyl sites for hydroxylation is 1. The van der Waals surface area contributed by atoms with Crippen LogP contribution < -0.4 is 0 Å². The molecule has 0 amide bonds. The van der Waals surface area contributed by atoms with Crippen LogP contribution in [0.1, 0.15) is 58.7 Å². The average molecular weight is 435 g/mol. The second kappa shape index (κ2) is 6.32. The SMILES string of the molecule is CC1=Cc2c(cc3c(c2Br)CCCC3)C1[Si](C)(C)C1=Cc2ccccc2C1. The Bertz CT molecular complexity index is 1010. The monoisotopic (exact) mass is 434 g/mol. The third kappa shape index (κ3) is 2.67. The zero-order chi connectivity index (χ0) is 18.8. The molecule has 3 aliphatic carbocycles. The number of hydrogen-bond donors (Lipinski definition) is 0. The Morgan fingerprint density at radius 2 is 1.78 bits per heavy atom. The predicted molar refractivity (Wildman–Crippen MR) is 123 cm³/mol. The summed E-state index contributed by atoms with van der Waals surface area (Å²) >= 11 is 4.00. The molecule has 5 rings (SSSR count). The zero-order valence-corrected chi connectivity index (χ0v) is 19.1. The molecule has 0 heterocycles. The van der Waals surface area contributed by atoms with E-state index in [1.54, 1.807) is 27.5 Å².